The van der Waals surface area contributed by atoms with Gasteiger partial charge < -0.3 is 10.6 Å². The molecular formula is C12H18N2. The van der Waals surface area contributed by atoms with Crippen molar-refractivity contribution in [1.82, 2.24) is 0 Å². The summed E-state index contributed by atoms with van der Waals surface area (Å²) in [5.74, 6) is 0.875. The van der Waals surface area contributed by atoms with Crippen molar-refractivity contribution in [2.24, 2.45) is 5.92 Å². The molecule has 1 unspecified atom stereocenters. The predicted molar refractivity (Wildman–Crippen MR) is 61.4 cm³/mol. The Kier molecular flexibility index (Phi) is 2.36. The molecule has 0 spiro atoms. The van der Waals surface area contributed by atoms with E-state index in [1.165, 1.54) is 12.8 Å². The second kappa shape index (κ2) is 3.52. The van der Waals surface area contributed by atoms with E-state index in [0.29, 0.717) is 6.04 Å². The van der Waals surface area contributed by atoms with Crippen LogP contribution in [0, 0.1) is 5.92 Å². The largest absolute Gasteiger partial charge is 0.397 e. The molecule has 0 radical (unpaired) electrons. The van der Waals surface area contributed by atoms with Gasteiger partial charge in [0, 0.05) is 13.1 Å². The van der Waals surface area contributed by atoms with Gasteiger partial charge >= 0.3 is 0 Å². The molecule has 1 aromatic carbocycles. The van der Waals surface area contributed by atoms with Crippen LogP contribution in [0.5, 0.6) is 0 Å². The summed E-state index contributed by atoms with van der Waals surface area (Å²) in [6.07, 6.45) is 2.75. The molecule has 1 aromatic rings. The maximum atomic E-state index is 5.94. The fraction of sp³-hybridized carbons (Fsp3) is 0.500. The van der Waals surface area contributed by atoms with E-state index in [1.54, 1.807) is 0 Å². The summed E-state index contributed by atoms with van der Waals surface area (Å²) in [5, 5.41) is 0. The molecule has 2 nitrogen and oxygen atoms in total. The molecule has 1 fully saturated rings. The molecule has 0 amide bonds. The van der Waals surface area contributed by atoms with Crippen molar-refractivity contribution in [3.63, 3.8) is 0 Å². The van der Waals surface area contributed by atoms with Crippen molar-refractivity contribution in [3.05, 3.63) is 24.3 Å². The number of para-hydroxylation sites is 2. The van der Waals surface area contributed by atoms with Crippen molar-refractivity contribution in [3.8, 4) is 0 Å². The molecule has 0 saturated heterocycles. The molecule has 2 rings (SSSR count). The van der Waals surface area contributed by atoms with Gasteiger partial charge in [0.1, 0.15) is 0 Å². The number of hydrogen-bond acceptors (Lipinski definition) is 2. The normalized spacial score (nSPS) is 17.9. The standard InChI is InChI=1S/C12H18N2/c1-9(10-7-8-10)14(2)12-6-4-3-5-11(12)13/h3-6,9-10H,7-8,13H2,1-2H3. The van der Waals surface area contributed by atoms with Crippen molar-refractivity contribution < 1.29 is 0 Å². The lowest BCUT2D eigenvalue weighted by Crippen LogP contribution is -2.31. The molecule has 76 valence electrons. The molecule has 1 saturated carbocycles. The highest BCUT2D eigenvalue weighted by Gasteiger charge is 2.30. The lowest BCUT2D eigenvalue weighted by molar-refractivity contribution is 0.610. The van der Waals surface area contributed by atoms with E-state index in [-0.39, 0.29) is 0 Å². The minimum absolute atomic E-state index is 0.611. The van der Waals surface area contributed by atoms with Crippen LogP contribution in [0.2, 0.25) is 0 Å². The third-order valence-corrected chi connectivity index (χ3v) is 3.23. The van der Waals surface area contributed by atoms with Crippen molar-refractivity contribution in [1.29, 1.82) is 0 Å². The second-order valence-corrected chi connectivity index (χ2v) is 4.25. The number of benzene rings is 1. The Morgan fingerprint density at radius 2 is 2.00 bits per heavy atom. The first-order valence-corrected chi connectivity index (χ1v) is 5.27. The van der Waals surface area contributed by atoms with Gasteiger partial charge in [-0.15, -0.1) is 0 Å². The van der Waals surface area contributed by atoms with Crippen LogP contribution in [0.4, 0.5) is 11.4 Å². The van der Waals surface area contributed by atoms with Crippen LogP contribution in [0.3, 0.4) is 0 Å². The Hall–Kier alpha value is -1.18. The van der Waals surface area contributed by atoms with Gasteiger partial charge in [-0.2, -0.15) is 0 Å². The average Bonchev–Trinajstić information content (AvgIpc) is 3.00. The highest BCUT2D eigenvalue weighted by Crippen LogP contribution is 2.37. The van der Waals surface area contributed by atoms with Gasteiger partial charge in [-0.1, -0.05) is 12.1 Å². The van der Waals surface area contributed by atoms with Crippen molar-refractivity contribution in [2.75, 3.05) is 17.7 Å². The van der Waals surface area contributed by atoms with Crippen LogP contribution in [-0.4, -0.2) is 13.1 Å². The summed E-state index contributed by atoms with van der Waals surface area (Å²) >= 11 is 0. The highest BCUT2D eigenvalue weighted by molar-refractivity contribution is 5.67. The Morgan fingerprint density at radius 3 is 2.57 bits per heavy atom. The third kappa shape index (κ3) is 1.69. The van der Waals surface area contributed by atoms with Crippen LogP contribution < -0.4 is 10.6 Å². The maximum Gasteiger partial charge on any atom is 0.0599 e. The third-order valence-electron chi connectivity index (χ3n) is 3.23. The van der Waals surface area contributed by atoms with Crippen LogP contribution in [0.15, 0.2) is 24.3 Å². The van der Waals surface area contributed by atoms with Gasteiger partial charge in [0.15, 0.2) is 0 Å². The summed E-state index contributed by atoms with van der Waals surface area (Å²) in [6.45, 7) is 2.28. The number of nitrogen functional groups attached to an aromatic ring is 1. The van der Waals surface area contributed by atoms with Gasteiger partial charge in [0.25, 0.3) is 0 Å². The van der Waals surface area contributed by atoms with E-state index < -0.39 is 0 Å². The quantitative estimate of drug-likeness (QED) is 0.742. The SMILES string of the molecule is CC(C1CC1)N(C)c1ccccc1N. The number of hydrogen-bond donors (Lipinski definition) is 1. The Morgan fingerprint density at radius 1 is 1.36 bits per heavy atom. The van der Waals surface area contributed by atoms with E-state index in [9.17, 15) is 0 Å². The molecule has 14 heavy (non-hydrogen) atoms. The summed E-state index contributed by atoms with van der Waals surface area (Å²) in [7, 11) is 2.13. The summed E-state index contributed by atoms with van der Waals surface area (Å²) < 4.78 is 0. The van der Waals surface area contributed by atoms with E-state index in [2.05, 4.69) is 24.9 Å². The molecule has 1 atom stereocenters. The molecule has 0 bridgehead atoms. The first kappa shape index (κ1) is 9.38. The zero-order valence-electron chi connectivity index (χ0n) is 8.90. The summed E-state index contributed by atoms with van der Waals surface area (Å²) in [5.41, 5.74) is 7.97. The van der Waals surface area contributed by atoms with Crippen LogP contribution in [-0.2, 0) is 0 Å². The zero-order valence-corrected chi connectivity index (χ0v) is 8.90. The number of rotatable bonds is 3. The van der Waals surface area contributed by atoms with Gasteiger partial charge in [0.05, 0.1) is 11.4 Å². The average molecular weight is 190 g/mol. The Balaban J connectivity index is 2.17. The minimum atomic E-state index is 0.611. The van der Waals surface area contributed by atoms with E-state index in [4.69, 9.17) is 5.73 Å². The second-order valence-electron chi connectivity index (χ2n) is 4.25. The molecular weight excluding hydrogens is 172 g/mol. The van der Waals surface area contributed by atoms with E-state index in [1.807, 2.05) is 18.2 Å². The highest BCUT2D eigenvalue weighted by atomic mass is 15.1. The molecule has 0 aliphatic heterocycles. The Labute approximate surface area is 85.7 Å². The van der Waals surface area contributed by atoms with E-state index in [0.717, 1.165) is 17.3 Å². The lowest BCUT2D eigenvalue weighted by Gasteiger charge is -2.28. The number of anilines is 2. The van der Waals surface area contributed by atoms with Gasteiger partial charge in [-0.3, -0.25) is 0 Å². The van der Waals surface area contributed by atoms with Crippen molar-refractivity contribution in [2.45, 2.75) is 25.8 Å². The fourth-order valence-corrected chi connectivity index (χ4v) is 1.92. The fourth-order valence-electron chi connectivity index (χ4n) is 1.92. The maximum absolute atomic E-state index is 5.94. The first-order chi connectivity index (χ1) is 6.70. The monoisotopic (exact) mass is 190 g/mol. The lowest BCUT2D eigenvalue weighted by atomic mass is 10.1. The minimum Gasteiger partial charge on any atom is -0.397 e. The molecule has 2 heteroatoms. The van der Waals surface area contributed by atoms with Crippen LogP contribution >= 0.6 is 0 Å². The first-order valence-electron chi connectivity index (χ1n) is 5.27. The van der Waals surface area contributed by atoms with Crippen molar-refractivity contribution >= 4 is 11.4 Å². The molecule has 0 aromatic heterocycles. The van der Waals surface area contributed by atoms with Gasteiger partial charge in [-0.05, 0) is 37.8 Å². The summed E-state index contributed by atoms with van der Waals surface area (Å²) in [6, 6.07) is 8.69. The van der Waals surface area contributed by atoms with Gasteiger partial charge in [0.2, 0.25) is 0 Å². The van der Waals surface area contributed by atoms with Gasteiger partial charge in [-0.25, -0.2) is 0 Å². The molecule has 1 aliphatic rings. The Bertz CT molecular complexity index is 318. The number of nitrogens with zero attached hydrogens (tertiary/aromatic N) is 1. The molecule has 1 aliphatic carbocycles. The predicted octanol–water partition coefficient (Wildman–Crippen LogP) is 2.50. The molecule has 2 N–H and O–H groups in total. The van der Waals surface area contributed by atoms with Crippen LogP contribution in [0.25, 0.3) is 0 Å². The smallest absolute Gasteiger partial charge is 0.0599 e. The topological polar surface area (TPSA) is 29.3 Å². The summed E-state index contributed by atoms with van der Waals surface area (Å²) in [4.78, 5) is 2.30. The number of nitrogens with two attached hydrogens (primary N) is 1. The zero-order chi connectivity index (χ0) is 10.1. The molecule has 0 heterocycles. The van der Waals surface area contributed by atoms with Crippen LogP contribution in [0.1, 0.15) is 19.8 Å². The van der Waals surface area contributed by atoms with E-state index >= 15 is 0 Å².